The topological polar surface area (TPSA) is 102 Å². The largest absolute Gasteiger partial charge is 0.489 e. The van der Waals surface area contributed by atoms with Gasteiger partial charge in [-0.2, -0.15) is 17.2 Å². The van der Waals surface area contributed by atoms with Crippen molar-refractivity contribution in [3.63, 3.8) is 0 Å². The Morgan fingerprint density at radius 3 is 2.59 bits per heavy atom. The fourth-order valence-electron chi connectivity index (χ4n) is 3.33. The maximum atomic E-state index is 12.7. The standard InChI is InChI=1S/C18H23F2NO7S/c1-29(24,25)27-10-14-6-13(8-21(14)18(22)23)12-4-5-15(28-17(19)20)16(7-12)26-9-11-2-3-11/h4-5,7,11,13-14,17H,2-3,6,8-10H2,1H3,(H,22,23)/t13?,14-/m0/s1. The zero-order valence-electron chi connectivity index (χ0n) is 15.8. The van der Waals surface area contributed by atoms with Crippen molar-refractivity contribution in [1.29, 1.82) is 0 Å². The molecule has 1 unspecified atom stereocenters. The summed E-state index contributed by atoms with van der Waals surface area (Å²) < 4.78 is 62.8. The molecule has 3 rings (SSSR count). The van der Waals surface area contributed by atoms with Gasteiger partial charge < -0.3 is 19.5 Å². The first-order valence-electron chi connectivity index (χ1n) is 9.18. The van der Waals surface area contributed by atoms with Crippen LogP contribution in [0.5, 0.6) is 11.5 Å². The molecule has 2 fully saturated rings. The van der Waals surface area contributed by atoms with Crippen molar-refractivity contribution in [2.24, 2.45) is 5.92 Å². The maximum absolute atomic E-state index is 12.7. The van der Waals surface area contributed by atoms with Crippen molar-refractivity contribution in [1.82, 2.24) is 4.90 Å². The second-order valence-electron chi connectivity index (χ2n) is 7.35. The lowest BCUT2D eigenvalue weighted by atomic mass is 9.96. The van der Waals surface area contributed by atoms with Gasteiger partial charge in [-0.05, 0) is 42.9 Å². The van der Waals surface area contributed by atoms with Gasteiger partial charge in [-0.25, -0.2) is 4.79 Å². The number of amides is 1. The van der Waals surface area contributed by atoms with Crippen molar-refractivity contribution >= 4 is 16.2 Å². The Morgan fingerprint density at radius 2 is 2.00 bits per heavy atom. The predicted octanol–water partition coefficient (Wildman–Crippen LogP) is 2.89. The van der Waals surface area contributed by atoms with E-state index in [9.17, 15) is 27.1 Å². The molecule has 0 bridgehead atoms. The molecule has 1 aliphatic heterocycles. The zero-order chi connectivity index (χ0) is 21.2. The van der Waals surface area contributed by atoms with Crippen LogP contribution in [0.25, 0.3) is 0 Å². The van der Waals surface area contributed by atoms with Crippen LogP contribution < -0.4 is 9.47 Å². The molecular formula is C18H23F2NO7S. The first-order valence-corrected chi connectivity index (χ1v) is 11.0. The lowest BCUT2D eigenvalue weighted by molar-refractivity contribution is -0.0515. The lowest BCUT2D eigenvalue weighted by Gasteiger charge is -2.20. The normalized spacial score (nSPS) is 22.1. The number of halogens is 2. The van der Waals surface area contributed by atoms with Crippen LogP contribution in [0.2, 0.25) is 0 Å². The molecule has 1 aromatic rings. The SMILES string of the molecule is CS(=O)(=O)OC[C@@H]1CC(c2ccc(OC(F)F)c(OCC3CC3)c2)CN1C(=O)O. The Kier molecular flexibility index (Phi) is 6.47. The number of carbonyl (C=O) groups is 1. The molecule has 11 heteroatoms. The molecule has 1 N–H and O–H groups in total. The summed E-state index contributed by atoms with van der Waals surface area (Å²) in [5.41, 5.74) is 0.700. The Balaban J connectivity index is 1.77. The highest BCUT2D eigenvalue weighted by Gasteiger charge is 2.37. The summed E-state index contributed by atoms with van der Waals surface area (Å²) in [5.74, 6) is 0.259. The van der Waals surface area contributed by atoms with E-state index in [1.165, 1.54) is 6.07 Å². The molecule has 2 atom stereocenters. The average molecular weight is 435 g/mol. The molecule has 162 valence electrons. The Bertz CT molecular complexity index is 845. The van der Waals surface area contributed by atoms with Gasteiger partial charge in [-0.3, -0.25) is 4.18 Å². The Labute approximate surface area is 167 Å². The van der Waals surface area contributed by atoms with Crippen LogP contribution in [0.15, 0.2) is 18.2 Å². The van der Waals surface area contributed by atoms with E-state index in [0.29, 0.717) is 24.5 Å². The second kappa shape index (κ2) is 8.70. The van der Waals surface area contributed by atoms with Crippen molar-refractivity contribution in [2.45, 2.75) is 37.8 Å². The minimum absolute atomic E-state index is 0.0746. The fraction of sp³-hybridized carbons (Fsp3) is 0.611. The van der Waals surface area contributed by atoms with Gasteiger partial charge in [-0.15, -0.1) is 0 Å². The van der Waals surface area contributed by atoms with Crippen molar-refractivity contribution in [3.05, 3.63) is 23.8 Å². The molecule has 1 saturated heterocycles. The highest BCUT2D eigenvalue weighted by atomic mass is 32.2. The minimum atomic E-state index is -3.70. The summed E-state index contributed by atoms with van der Waals surface area (Å²) in [6, 6.07) is 3.92. The summed E-state index contributed by atoms with van der Waals surface area (Å²) in [5, 5.41) is 9.42. The molecule has 1 amide bonds. The first-order chi connectivity index (χ1) is 13.6. The van der Waals surface area contributed by atoms with Crippen LogP contribution in [0, 0.1) is 5.92 Å². The summed E-state index contributed by atoms with van der Waals surface area (Å²) in [6.45, 7) is -2.74. The van der Waals surface area contributed by atoms with Crippen LogP contribution in [0.3, 0.4) is 0 Å². The number of hydrogen-bond donors (Lipinski definition) is 1. The highest BCUT2D eigenvalue weighted by molar-refractivity contribution is 7.85. The summed E-state index contributed by atoms with van der Waals surface area (Å²) in [6.07, 6.45) is 2.11. The number of carboxylic acid groups (broad SMARTS) is 1. The van der Waals surface area contributed by atoms with E-state index in [4.69, 9.17) is 8.92 Å². The minimum Gasteiger partial charge on any atom is -0.489 e. The van der Waals surface area contributed by atoms with Gasteiger partial charge in [0.25, 0.3) is 10.1 Å². The summed E-state index contributed by atoms with van der Waals surface area (Å²) in [4.78, 5) is 12.7. The van der Waals surface area contributed by atoms with Crippen LogP contribution in [-0.4, -0.2) is 63.2 Å². The van der Waals surface area contributed by atoms with Gasteiger partial charge in [-0.1, -0.05) is 6.07 Å². The molecule has 1 aromatic carbocycles. The smallest absolute Gasteiger partial charge is 0.407 e. The summed E-state index contributed by atoms with van der Waals surface area (Å²) >= 11 is 0. The molecule has 0 radical (unpaired) electrons. The van der Waals surface area contributed by atoms with E-state index >= 15 is 0 Å². The fourth-order valence-corrected chi connectivity index (χ4v) is 3.73. The Hall–Kier alpha value is -2.14. The molecule has 0 aromatic heterocycles. The van der Waals surface area contributed by atoms with Crippen molar-refractivity contribution in [2.75, 3.05) is 26.0 Å². The Morgan fingerprint density at radius 1 is 1.28 bits per heavy atom. The van der Waals surface area contributed by atoms with Gasteiger partial charge in [0.15, 0.2) is 11.5 Å². The third-order valence-corrected chi connectivity index (χ3v) is 5.53. The van der Waals surface area contributed by atoms with Crippen LogP contribution in [0.4, 0.5) is 13.6 Å². The first kappa shape index (κ1) is 21.6. The highest BCUT2D eigenvalue weighted by Crippen LogP contribution is 2.38. The van der Waals surface area contributed by atoms with E-state index in [-0.39, 0.29) is 30.6 Å². The number of likely N-dealkylation sites (tertiary alicyclic amines) is 1. The molecule has 0 spiro atoms. The predicted molar refractivity (Wildman–Crippen MR) is 98.0 cm³/mol. The number of rotatable bonds is 9. The molecule has 1 heterocycles. The zero-order valence-corrected chi connectivity index (χ0v) is 16.6. The van der Waals surface area contributed by atoms with E-state index in [0.717, 1.165) is 24.0 Å². The van der Waals surface area contributed by atoms with Crippen LogP contribution in [0.1, 0.15) is 30.7 Å². The van der Waals surface area contributed by atoms with Gasteiger partial charge in [0.1, 0.15) is 0 Å². The quantitative estimate of drug-likeness (QED) is 0.595. The second-order valence-corrected chi connectivity index (χ2v) is 8.99. The molecule has 1 aliphatic carbocycles. The number of ether oxygens (including phenoxy) is 2. The number of hydrogen-bond acceptors (Lipinski definition) is 6. The average Bonchev–Trinajstić information content (AvgIpc) is 3.34. The van der Waals surface area contributed by atoms with Crippen molar-refractivity contribution in [3.8, 4) is 11.5 Å². The summed E-state index contributed by atoms with van der Waals surface area (Å²) in [7, 11) is -3.70. The van der Waals surface area contributed by atoms with Crippen LogP contribution in [-0.2, 0) is 14.3 Å². The van der Waals surface area contributed by atoms with E-state index in [2.05, 4.69) is 4.74 Å². The lowest BCUT2D eigenvalue weighted by Crippen LogP contribution is -2.37. The van der Waals surface area contributed by atoms with E-state index < -0.39 is 28.9 Å². The van der Waals surface area contributed by atoms with Crippen LogP contribution >= 0.6 is 0 Å². The molecule has 29 heavy (non-hydrogen) atoms. The van der Waals surface area contributed by atoms with Gasteiger partial charge in [0.2, 0.25) is 0 Å². The van der Waals surface area contributed by atoms with Gasteiger partial charge in [0.05, 0.1) is 25.5 Å². The van der Waals surface area contributed by atoms with Gasteiger partial charge in [0, 0.05) is 12.5 Å². The number of alkyl halides is 2. The molecule has 1 saturated carbocycles. The van der Waals surface area contributed by atoms with E-state index in [1.54, 1.807) is 12.1 Å². The number of nitrogens with zero attached hydrogens (tertiary/aromatic N) is 1. The number of benzene rings is 1. The van der Waals surface area contributed by atoms with Crippen molar-refractivity contribution < 1.29 is 40.8 Å². The third-order valence-electron chi connectivity index (χ3n) is 4.96. The third kappa shape index (κ3) is 6.17. The monoisotopic (exact) mass is 435 g/mol. The maximum Gasteiger partial charge on any atom is 0.407 e. The molecular weight excluding hydrogens is 412 g/mol. The molecule has 8 nitrogen and oxygen atoms in total. The van der Waals surface area contributed by atoms with E-state index in [1.807, 2.05) is 0 Å². The van der Waals surface area contributed by atoms with Gasteiger partial charge >= 0.3 is 12.7 Å². The molecule has 2 aliphatic rings.